The van der Waals surface area contributed by atoms with Gasteiger partial charge in [-0.3, -0.25) is 4.79 Å². The second kappa shape index (κ2) is 8.46. The van der Waals surface area contributed by atoms with E-state index in [1.807, 2.05) is 29.2 Å². The number of nitrogens with zero attached hydrogens (tertiary/aromatic N) is 3. The molecule has 0 spiro atoms. The number of aryl methyl sites for hydroxylation is 1. The minimum Gasteiger partial charge on any atom is -0.497 e. The first-order valence-electron chi connectivity index (χ1n) is 8.59. The third-order valence-electron chi connectivity index (χ3n) is 4.40. The van der Waals surface area contributed by atoms with Crippen molar-refractivity contribution in [3.05, 3.63) is 48.3 Å². The predicted octanol–water partition coefficient (Wildman–Crippen LogP) is 2.49. The molecule has 0 aliphatic carbocycles. The van der Waals surface area contributed by atoms with Crippen LogP contribution in [0.2, 0.25) is 0 Å². The molecule has 1 aliphatic rings. The Labute approximate surface area is 147 Å². The zero-order valence-electron chi connectivity index (χ0n) is 14.4. The summed E-state index contributed by atoms with van der Waals surface area (Å²) in [6, 6.07) is 10.0. The SMILES string of the molecule is COc1ccc(CCC(=O)N2CCC(Oc3ncccn3)CC2)cc1. The van der Waals surface area contributed by atoms with Crippen molar-refractivity contribution in [1.82, 2.24) is 14.9 Å². The number of ether oxygens (including phenoxy) is 2. The zero-order chi connectivity index (χ0) is 17.5. The lowest BCUT2D eigenvalue weighted by atomic mass is 10.1. The first kappa shape index (κ1) is 17.2. The van der Waals surface area contributed by atoms with E-state index in [2.05, 4.69) is 9.97 Å². The molecule has 3 rings (SSSR count). The molecule has 1 aromatic heterocycles. The van der Waals surface area contributed by atoms with E-state index in [-0.39, 0.29) is 12.0 Å². The van der Waals surface area contributed by atoms with Crippen LogP contribution >= 0.6 is 0 Å². The Bertz CT molecular complexity index is 668. The number of hydrogen-bond acceptors (Lipinski definition) is 5. The van der Waals surface area contributed by atoms with E-state index in [0.717, 1.165) is 43.7 Å². The molecule has 0 atom stereocenters. The number of methoxy groups -OCH3 is 1. The van der Waals surface area contributed by atoms with E-state index < -0.39 is 0 Å². The van der Waals surface area contributed by atoms with Gasteiger partial charge in [-0.1, -0.05) is 12.1 Å². The van der Waals surface area contributed by atoms with E-state index >= 15 is 0 Å². The van der Waals surface area contributed by atoms with Crippen LogP contribution in [-0.4, -0.2) is 47.1 Å². The van der Waals surface area contributed by atoms with Crippen molar-refractivity contribution in [3.8, 4) is 11.8 Å². The molecule has 1 fully saturated rings. The van der Waals surface area contributed by atoms with Crippen molar-refractivity contribution in [2.75, 3.05) is 20.2 Å². The molecule has 0 bridgehead atoms. The fourth-order valence-corrected chi connectivity index (χ4v) is 2.92. The van der Waals surface area contributed by atoms with E-state index in [4.69, 9.17) is 9.47 Å². The molecule has 2 aromatic rings. The summed E-state index contributed by atoms with van der Waals surface area (Å²) in [5, 5.41) is 0. The average molecular weight is 341 g/mol. The highest BCUT2D eigenvalue weighted by Gasteiger charge is 2.24. The highest BCUT2D eigenvalue weighted by atomic mass is 16.5. The summed E-state index contributed by atoms with van der Waals surface area (Å²) in [7, 11) is 1.65. The Hall–Kier alpha value is -2.63. The Morgan fingerprint density at radius 1 is 1.16 bits per heavy atom. The molecule has 1 amide bonds. The molecule has 1 saturated heterocycles. The summed E-state index contributed by atoms with van der Waals surface area (Å²) in [5.41, 5.74) is 1.15. The largest absolute Gasteiger partial charge is 0.497 e. The maximum atomic E-state index is 12.4. The molecule has 25 heavy (non-hydrogen) atoms. The number of piperidine rings is 1. The summed E-state index contributed by atoms with van der Waals surface area (Å²) >= 11 is 0. The van der Waals surface area contributed by atoms with Gasteiger partial charge in [-0.15, -0.1) is 0 Å². The Kier molecular flexibility index (Phi) is 5.82. The van der Waals surface area contributed by atoms with Crippen molar-refractivity contribution >= 4 is 5.91 Å². The first-order valence-corrected chi connectivity index (χ1v) is 8.59. The van der Waals surface area contributed by atoms with Gasteiger partial charge in [0.1, 0.15) is 11.9 Å². The van der Waals surface area contributed by atoms with Gasteiger partial charge in [0.15, 0.2) is 0 Å². The van der Waals surface area contributed by atoms with Gasteiger partial charge >= 0.3 is 6.01 Å². The van der Waals surface area contributed by atoms with Gasteiger partial charge in [-0.25, -0.2) is 9.97 Å². The summed E-state index contributed by atoms with van der Waals surface area (Å²) in [5.74, 6) is 1.03. The smallest absolute Gasteiger partial charge is 0.316 e. The topological polar surface area (TPSA) is 64.5 Å². The van der Waals surface area contributed by atoms with Crippen LogP contribution in [0.25, 0.3) is 0 Å². The number of carbonyl (C=O) groups is 1. The minimum atomic E-state index is 0.0769. The fourth-order valence-electron chi connectivity index (χ4n) is 2.92. The molecule has 2 heterocycles. The number of carbonyl (C=O) groups excluding carboxylic acids is 1. The lowest BCUT2D eigenvalue weighted by Crippen LogP contribution is -2.42. The molecule has 0 saturated carbocycles. The summed E-state index contributed by atoms with van der Waals surface area (Å²) < 4.78 is 10.9. The molecule has 0 unspecified atom stereocenters. The van der Waals surface area contributed by atoms with Crippen molar-refractivity contribution in [2.45, 2.75) is 31.8 Å². The Morgan fingerprint density at radius 3 is 2.48 bits per heavy atom. The number of hydrogen-bond donors (Lipinski definition) is 0. The van der Waals surface area contributed by atoms with Crippen LogP contribution in [0.15, 0.2) is 42.7 Å². The molecular formula is C19H23N3O3. The van der Waals surface area contributed by atoms with Crippen LogP contribution in [0.4, 0.5) is 0 Å². The predicted molar refractivity (Wildman–Crippen MR) is 93.6 cm³/mol. The molecule has 0 N–H and O–H groups in total. The number of benzene rings is 1. The number of aromatic nitrogens is 2. The van der Waals surface area contributed by atoms with E-state index in [0.29, 0.717) is 12.4 Å². The lowest BCUT2D eigenvalue weighted by molar-refractivity contribution is -0.133. The van der Waals surface area contributed by atoms with Crippen molar-refractivity contribution < 1.29 is 14.3 Å². The van der Waals surface area contributed by atoms with Crippen LogP contribution in [0.1, 0.15) is 24.8 Å². The number of likely N-dealkylation sites (tertiary alicyclic amines) is 1. The average Bonchev–Trinajstić information content (AvgIpc) is 2.68. The zero-order valence-corrected chi connectivity index (χ0v) is 14.4. The maximum absolute atomic E-state index is 12.4. The molecule has 132 valence electrons. The van der Waals surface area contributed by atoms with E-state index in [1.165, 1.54) is 0 Å². The standard InChI is InChI=1S/C19H23N3O3/c1-24-16-6-3-15(4-7-16)5-8-18(23)22-13-9-17(10-14-22)25-19-20-11-2-12-21-19/h2-4,6-7,11-12,17H,5,8-10,13-14H2,1H3. The van der Waals surface area contributed by atoms with Gasteiger partial charge in [0.05, 0.1) is 7.11 Å². The van der Waals surface area contributed by atoms with Gasteiger partial charge in [-0.05, 0) is 30.2 Å². The summed E-state index contributed by atoms with van der Waals surface area (Å²) in [4.78, 5) is 22.5. The van der Waals surface area contributed by atoms with E-state index in [9.17, 15) is 4.79 Å². The van der Waals surface area contributed by atoms with Crippen molar-refractivity contribution in [2.24, 2.45) is 0 Å². The molecule has 0 radical (unpaired) electrons. The summed E-state index contributed by atoms with van der Waals surface area (Å²) in [6.45, 7) is 1.44. The Morgan fingerprint density at radius 2 is 1.84 bits per heavy atom. The first-order chi connectivity index (χ1) is 12.2. The highest BCUT2D eigenvalue weighted by molar-refractivity contribution is 5.76. The van der Waals surface area contributed by atoms with E-state index in [1.54, 1.807) is 25.6 Å². The van der Waals surface area contributed by atoms with Crippen molar-refractivity contribution in [3.63, 3.8) is 0 Å². The van der Waals surface area contributed by atoms with Crippen LogP contribution in [0.5, 0.6) is 11.8 Å². The van der Waals surface area contributed by atoms with Gasteiger partial charge in [0.2, 0.25) is 5.91 Å². The van der Waals surface area contributed by atoms with Crippen LogP contribution in [0, 0.1) is 0 Å². The molecule has 6 nitrogen and oxygen atoms in total. The van der Waals surface area contributed by atoms with Crippen LogP contribution in [-0.2, 0) is 11.2 Å². The second-order valence-electron chi connectivity index (χ2n) is 6.08. The molecule has 1 aliphatic heterocycles. The summed E-state index contributed by atoms with van der Waals surface area (Å²) in [6.07, 6.45) is 6.31. The fraction of sp³-hybridized carbons (Fsp3) is 0.421. The second-order valence-corrected chi connectivity index (χ2v) is 6.08. The number of amides is 1. The maximum Gasteiger partial charge on any atom is 0.316 e. The third-order valence-corrected chi connectivity index (χ3v) is 4.40. The molecule has 6 heteroatoms. The van der Waals surface area contributed by atoms with Gasteiger partial charge in [0.25, 0.3) is 0 Å². The quantitative estimate of drug-likeness (QED) is 0.808. The lowest BCUT2D eigenvalue weighted by Gasteiger charge is -2.31. The highest BCUT2D eigenvalue weighted by Crippen LogP contribution is 2.17. The van der Waals surface area contributed by atoms with Crippen LogP contribution < -0.4 is 9.47 Å². The monoisotopic (exact) mass is 341 g/mol. The van der Waals surface area contributed by atoms with Crippen molar-refractivity contribution in [1.29, 1.82) is 0 Å². The molecular weight excluding hydrogens is 318 g/mol. The molecule has 1 aromatic carbocycles. The normalized spacial score (nSPS) is 15.0. The van der Waals surface area contributed by atoms with Crippen LogP contribution in [0.3, 0.4) is 0 Å². The number of rotatable bonds is 6. The van der Waals surface area contributed by atoms with Gasteiger partial charge in [-0.2, -0.15) is 0 Å². The third kappa shape index (κ3) is 4.92. The van der Waals surface area contributed by atoms with Gasteiger partial charge < -0.3 is 14.4 Å². The minimum absolute atomic E-state index is 0.0769. The van der Waals surface area contributed by atoms with Gasteiger partial charge in [0, 0.05) is 44.7 Å². The Balaban J connectivity index is 1.41.